The Kier molecular flexibility index (Phi) is 15.2. The average molecular weight is 322 g/mol. The van der Waals surface area contributed by atoms with Gasteiger partial charge < -0.3 is 32.3 Å². The molecule has 19 heavy (non-hydrogen) atoms. The van der Waals surface area contributed by atoms with E-state index in [1.807, 2.05) is 0 Å². The summed E-state index contributed by atoms with van der Waals surface area (Å²) in [5.74, 6) is -3.38. The Hall–Kier alpha value is 0.970. The molecule has 104 valence electrons. The van der Waals surface area contributed by atoms with Crippen LogP contribution in [0.5, 0.6) is 0 Å². The van der Waals surface area contributed by atoms with Crippen LogP contribution < -0.4 is 59.1 Å². The maximum absolute atomic E-state index is 11.0. The van der Waals surface area contributed by atoms with Crippen LogP contribution in [0.2, 0.25) is 0 Å². The van der Waals surface area contributed by atoms with E-state index in [9.17, 15) is 14.2 Å². The fourth-order valence-electron chi connectivity index (χ4n) is 0.517. The molecule has 0 amide bonds. The number of hydrogen-bond acceptors (Lipinski definition) is 9. The number of carbonyl (C=O) groups excluding carboxylic acids is 2. The molecule has 13 heteroatoms. The van der Waals surface area contributed by atoms with E-state index in [1.54, 1.807) is 0 Å². The van der Waals surface area contributed by atoms with Gasteiger partial charge in [0, 0.05) is 0 Å². The quantitative estimate of drug-likeness (QED) is 0.233. The van der Waals surface area contributed by atoms with Crippen LogP contribution in [0.15, 0.2) is 0 Å². The van der Waals surface area contributed by atoms with Crippen LogP contribution in [-0.4, -0.2) is 62.7 Å². The van der Waals surface area contributed by atoms with Crippen LogP contribution in [0.4, 0.5) is 0 Å². The molecule has 0 aliphatic heterocycles. The Morgan fingerprint density at radius 1 is 1.00 bits per heavy atom. The molecule has 0 spiro atoms. The molecular formula is C6H13Na2O10P. The molecule has 0 saturated carbocycles. The van der Waals surface area contributed by atoms with E-state index in [1.165, 1.54) is 0 Å². The van der Waals surface area contributed by atoms with Gasteiger partial charge in [0.05, 0.1) is 13.2 Å². The first-order chi connectivity index (χ1) is 7.73. The maximum atomic E-state index is 11.0. The fraction of sp³-hybridized carbons (Fsp3) is 0.667. The van der Waals surface area contributed by atoms with Crippen LogP contribution in [0, 0.1) is 0 Å². The number of rotatable bonds is 6. The number of aliphatic hydroxyl groups is 4. The van der Waals surface area contributed by atoms with Gasteiger partial charge in [0.25, 0.3) is 0 Å². The molecule has 0 heterocycles. The zero-order valence-corrected chi connectivity index (χ0v) is 15.2. The van der Waals surface area contributed by atoms with Crippen molar-refractivity contribution in [2.24, 2.45) is 0 Å². The van der Waals surface area contributed by atoms with Gasteiger partial charge in [0.1, 0.15) is 0 Å². The molecule has 0 aromatic heterocycles. The molecule has 0 aromatic carbocycles. The second-order valence-electron chi connectivity index (χ2n) is 2.69. The Labute approximate surface area is 154 Å². The number of aliphatic hydroxyl groups excluding tert-OH is 4. The van der Waals surface area contributed by atoms with E-state index in [-0.39, 0.29) is 62.0 Å². The summed E-state index contributed by atoms with van der Waals surface area (Å²) in [5, 5.41) is 34.0. The average Bonchev–Trinajstić information content (AvgIpc) is 2.25. The molecule has 5 N–H and O–H groups in total. The molecule has 0 rings (SSSR count). The normalized spacial score (nSPS) is 15.8. The van der Waals surface area contributed by atoms with Crippen molar-refractivity contribution in [3.8, 4) is 0 Å². The van der Waals surface area contributed by atoms with Crippen molar-refractivity contribution in [3.63, 3.8) is 0 Å². The second kappa shape index (κ2) is 11.6. The van der Waals surface area contributed by atoms with Crippen molar-refractivity contribution in [2.75, 3.05) is 13.2 Å². The van der Waals surface area contributed by atoms with Crippen molar-refractivity contribution in [1.29, 1.82) is 0 Å². The minimum atomic E-state index is -5.18. The SMILES string of the molecule is O=C(OP(=O)(O)OC(=O)C(O)CO)C(O)CO.[H-].[H-].[Na+].[Na+]. The summed E-state index contributed by atoms with van der Waals surface area (Å²) in [5.41, 5.74) is 0. The standard InChI is InChI=1S/C6H11O10P.2Na.2H/c7-1-3(9)5(11)15-17(13,14)16-6(12)4(10)2-8;;;;/h3-4,7-10H,1-2H2,(H,13,14);;;;/q;2*+1;2*-1. The molecule has 10 nitrogen and oxygen atoms in total. The van der Waals surface area contributed by atoms with Crippen LogP contribution in [-0.2, 0) is 23.2 Å². The van der Waals surface area contributed by atoms with Gasteiger partial charge in [-0.05, 0) is 0 Å². The number of phosphoric ester groups is 1. The molecule has 0 saturated heterocycles. The third kappa shape index (κ3) is 10.4. The summed E-state index contributed by atoms with van der Waals surface area (Å²) in [6, 6.07) is 0. The van der Waals surface area contributed by atoms with Gasteiger partial charge >= 0.3 is 78.9 Å². The van der Waals surface area contributed by atoms with Gasteiger partial charge in [-0.25, -0.2) is 14.2 Å². The Morgan fingerprint density at radius 2 is 1.26 bits per heavy atom. The first-order valence-electron chi connectivity index (χ1n) is 4.11. The predicted octanol–water partition coefficient (Wildman–Crippen LogP) is -8.89. The third-order valence-electron chi connectivity index (χ3n) is 1.30. The Balaban J connectivity index is -0.000000213. The van der Waals surface area contributed by atoms with Crippen molar-refractivity contribution in [1.82, 2.24) is 0 Å². The van der Waals surface area contributed by atoms with Gasteiger partial charge in [-0.1, -0.05) is 0 Å². The van der Waals surface area contributed by atoms with E-state index in [0.717, 1.165) is 0 Å². The molecule has 0 fully saturated rings. The molecule has 0 aliphatic rings. The summed E-state index contributed by atoms with van der Waals surface area (Å²) in [4.78, 5) is 30.3. The van der Waals surface area contributed by atoms with E-state index in [4.69, 9.17) is 25.3 Å². The van der Waals surface area contributed by atoms with Crippen molar-refractivity contribution in [2.45, 2.75) is 12.2 Å². The van der Waals surface area contributed by atoms with E-state index >= 15 is 0 Å². The van der Waals surface area contributed by atoms with Gasteiger partial charge in [0.2, 0.25) is 0 Å². The summed E-state index contributed by atoms with van der Waals surface area (Å²) in [6.07, 6.45) is -4.14. The van der Waals surface area contributed by atoms with Gasteiger partial charge in [-0.2, -0.15) is 0 Å². The van der Waals surface area contributed by atoms with Crippen molar-refractivity contribution in [3.05, 3.63) is 0 Å². The van der Waals surface area contributed by atoms with E-state index in [2.05, 4.69) is 9.05 Å². The van der Waals surface area contributed by atoms with Crippen molar-refractivity contribution < 1.29 is 110 Å². The van der Waals surface area contributed by atoms with Crippen LogP contribution in [0.3, 0.4) is 0 Å². The van der Waals surface area contributed by atoms with Crippen LogP contribution in [0.1, 0.15) is 2.85 Å². The minimum Gasteiger partial charge on any atom is -1.00 e. The molecule has 0 aliphatic carbocycles. The van der Waals surface area contributed by atoms with Crippen molar-refractivity contribution >= 4 is 19.8 Å². The molecule has 2 atom stereocenters. The zero-order chi connectivity index (χ0) is 13.6. The van der Waals surface area contributed by atoms with Gasteiger partial charge in [-0.3, -0.25) is 4.89 Å². The molecule has 0 aromatic rings. The number of phosphoric acid groups is 1. The topological polar surface area (TPSA) is 171 Å². The summed E-state index contributed by atoms with van der Waals surface area (Å²) >= 11 is 0. The monoisotopic (exact) mass is 322 g/mol. The number of carbonyl (C=O) groups is 2. The molecule has 0 bridgehead atoms. The Morgan fingerprint density at radius 3 is 1.47 bits per heavy atom. The summed E-state index contributed by atoms with van der Waals surface area (Å²) in [7, 11) is -5.18. The largest absolute Gasteiger partial charge is 1.00 e. The fourth-order valence-corrected chi connectivity index (χ4v) is 1.25. The van der Waals surface area contributed by atoms with E-state index < -0.39 is 45.2 Å². The van der Waals surface area contributed by atoms with Gasteiger partial charge in [0.15, 0.2) is 12.2 Å². The van der Waals surface area contributed by atoms with E-state index in [0.29, 0.717) is 0 Å². The second-order valence-corrected chi connectivity index (χ2v) is 3.99. The first-order valence-corrected chi connectivity index (χ1v) is 5.60. The predicted molar refractivity (Wildman–Crippen MR) is 50.4 cm³/mol. The minimum absolute atomic E-state index is 0. The summed E-state index contributed by atoms with van der Waals surface area (Å²) in [6.45, 7) is -2.13. The number of hydrogen-bond donors (Lipinski definition) is 5. The first kappa shape index (κ1) is 25.0. The zero-order valence-electron chi connectivity index (χ0n) is 12.3. The molecular weight excluding hydrogens is 309 g/mol. The summed E-state index contributed by atoms with van der Waals surface area (Å²) < 4.78 is 18.3. The third-order valence-corrected chi connectivity index (χ3v) is 2.12. The molecule has 2 unspecified atom stereocenters. The molecule has 0 radical (unpaired) electrons. The van der Waals surface area contributed by atoms with Crippen LogP contribution in [0.25, 0.3) is 0 Å². The maximum Gasteiger partial charge on any atom is 1.00 e. The smallest absolute Gasteiger partial charge is 1.00 e. The van der Waals surface area contributed by atoms with Gasteiger partial charge in [-0.15, -0.1) is 0 Å². The Bertz CT molecular complexity index is 318. The van der Waals surface area contributed by atoms with Crippen LogP contribution >= 0.6 is 7.82 Å².